The first-order chi connectivity index (χ1) is 17.0. The van der Waals surface area contributed by atoms with E-state index in [-0.39, 0.29) is 5.91 Å². The van der Waals surface area contributed by atoms with Gasteiger partial charge in [-0.3, -0.25) is 14.5 Å². The molecule has 4 rings (SSSR count). The van der Waals surface area contributed by atoms with Crippen LogP contribution < -0.4 is 9.47 Å². The molecule has 186 valence electrons. The summed E-state index contributed by atoms with van der Waals surface area (Å²) in [5.41, 5.74) is 3.97. The molecule has 8 nitrogen and oxygen atoms in total. The van der Waals surface area contributed by atoms with Crippen molar-refractivity contribution >= 4 is 5.91 Å². The van der Waals surface area contributed by atoms with Crippen molar-refractivity contribution in [1.29, 1.82) is 0 Å². The van der Waals surface area contributed by atoms with Crippen LogP contribution in [-0.4, -0.2) is 52.5 Å². The van der Waals surface area contributed by atoms with Crippen LogP contribution >= 0.6 is 0 Å². The standard InChI is InChI=1S/C27H34N4O4/c1-20-13-21(2)31(29-20)11-8-27(32)30(17-23-5-4-10-28-15-23)16-22-6-7-25(33-3)26(14-22)35-19-24-9-12-34-18-24/h4-7,10,13-15,24H,8-9,11-12,16-19H2,1-3H3. The van der Waals surface area contributed by atoms with Gasteiger partial charge in [0.25, 0.3) is 0 Å². The van der Waals surface area contributed by atoms with Gasteiger partial charge in [-0.1, -0.05) is 12.1 Å². The maximum absolute atomic E-state index is 13.3. The number of benzene rings is 1. The molecule has 1 aromatic carbocycles. The Morgan fingerprint density at radius 2 is 2.03 bits per heavy atom. The van der Waals surface area contributed by atoms with Gasteiger partial charge in [0.1, 0.15) is 0 Å². The highest BCUT2D eigenvalue weighted by atomic mass is 16.5. The Balaban J connectivity index is 1.48. The molecule has 1 unspecified atom stereocenters. The summed E-state index contributed by atoms with van der Waals surface area (Å²) in [4.78, 5) is 19.4. The Hall–Kier alpha value is -3.39. The molecule has 0 N–H and O–H groups in total. The van der Waals surface area contributed by atoms with E-state index in [9.17, 15) is 4.79 Å². The number of aryl methyl sites for hydroxylation is 3. The topological polar surface area (TPSA) is 78.7 Å². The summed E-state index contributed by atoms with van der Waals surface area (Å²) in [6.07, 6.45) is 4.91. The fourth-order valence-corrected chi connectivity index (χ4v) is 4.28. The van der Waals surface area contributed by atoms with E-state index in [2.05, 4.69) is 10.1 Å². The number of carbonyl (C=O) groups is 1. The fourth-order valence-electron chi connectivity index (χ4n) is 4.28. The Kier molecular flexibility index (Phi) is 8.36. The summed E-state index contributed by atoms with van der Waals surface area (Å²) in [5, 5.41) is 4.49. The zero-order valence-electron chi connectivity index (χ0n) is 20.8. The molecule has 35 heavy (non-hydrogen) atoms. The van der Waals surface area contributed by atoms with Crippen LogP contribution in [0.5, 0.6) is 11.5 Å². The van der Waals surface area contributed by atoms with Crippen LogP contribution in [0, 0.1) is 19.8 Å². The van der Waals surface area contributed by atoms with Crippen LogP contribution in [0.25, 0.3) is 0 Å². The van der Waals surface area contributed by atoms with Gasteiger partial charge in [-0.2, -0.15) is 5.10 Å². The smallest absolute Gasteiger partial charge is 0.225 e. The van der Waals surface area contributed by atoms with Gasteiger partial charge < -0.3 is 19.1 Å². The first kappa shape index (κ1) is 24.7. The third kappa shape index (κ3) is 6.82. The summed E-state index contributed by atoms with van der Waals surface area (Å²) in [6, 6.07) is 11.8. The van der Waals surface area contributed by atoms with Crippen molar-refractivity contribution in [3.63, 3.8) is 0 Å². The van der Waals surface area contributed by atoms with Gasteiger partial charge in [0.15, 0.2) is 11.5 Å². The van der Waals surface area contributed by atoms with Gasteiger partial charge in [0.2, 0.25) is 5.91 Å². The van der Waals surface area contributed by atoms with Crippen molar-refractivity contribution in [2.24, 2.45) is 5.92 Å². The Bertz CT molecular complexity index is 1110. The molecule has 0 aliphatic carbocycles. The van der Waals surface area contributed by atoms with E-state index >= 15 is 0 Å². The second-order valence-corrected chi connectivity index (χ2v) is 9.04. The van der Waals surface area contributed by atoms with Gasteiger partial charge in [-0.25, -0.2) is 0 Å². The van der Waals surface area contributed by atoms with Gasteiger partial charge in [-0.05, 0) is 55.7 Å². The van der Waals surface area contributed by atoms with Crippen molar-refractivity contribution in [2.75, 3.05) is 26.9 Å². The maximum Gasteiger partial charge on any atom is 0.225 e. The van der Waals surface area contributed by atoms with Crippen LogP contribution in [0.3, 0.4) is 0 Å². The number of nitrogens with zero attached hydrogens (tertiary/aromatic N) is 4. The molecule has 1 fully saturated rings. The minimum absolute atomic E-state index is 0.0581. The van der Waals surface area contributed by atoms with E-state index in [0.717, 1.165) is 42.1 Å². The van der Waals surface area contributed by atoms with Crippen LogP contribution in [0.2, 0.25) is 0 Å². The molecule has 1 aliphatic heterocycles. The molecule has 1 saturated heterocycles. The van der Waals surface area contributed by atoms with Crippen LogP contribution in [0.1, 0.15) is 35.4 Å². The lowest BCUT2D eigenvalue weighted by Crippen LogP contribution is -2.31. The third-order valence-corrected chi connectivity index (χ3v) is 6.19. The highest BCUT2D eigenvalue weighted by Crippen LogP contribution is 2.30. The predicted molar refractivity (Wildman–Crippen MR) is 132 cm³/mol. The minimum Gasteiger partial charge on any atom is -0.493 e. The van der Waals surface area contributed by atoms with E-state index < -0.39 is 0 Å². The SMILES string of the molecule is COc1ccc(CN(Cc2cccnc2)C(=O)CCn2nc(C)cc2C)cc1OCC1CCOC1. The number of hydrogen-bond donors (Lipinski definition) is 0. The van der Waals surface area contributed by atoms with Gasteiger partial charge in [0, 0.05) is 56.7 Å². The number of rotatable bonds is 11. The van der Waals surface area contributed by atoms with Crippen LogP contribution in [0.15, 0.2) is 48.8 Å². The summed E-state index contributed by atoms with van der Waals surface area (Å²) in [7, 11) is 1.64. The summed E-state index contributed by atoms with van der Waals surface area (Å²) >= 11 is 0. The van der Waals surface area contributed by atoms with E-state index in [1.807, 2.05) is 59.8 Å². The molecule has 1 aliphatic rings. The van der Waals surface area contributed by atoms with Gasteiger partial charge >= 0.3 is 0 Å². The molecule has 0 bridgehead atoms. The fraction of sp³-hybridized carbons (Fsp3) is 0.444. The lowest BCUT2D eigenvalue weighted by molar-refractivity contribution is -0.132. The number of aromatic nitrogens is 3. The molecule has 3 heterocycles. The molecule has 0 radical (unpaired) electrons. The summed E-state index contributed by atoms with van der Waals surface area (Å²) in [5.74, 6) is 1.82. The first-order valence-electron chi connectivity index (χ1n) is 12.1. The van der Waals surface area contributed by atoms with E-state index in [4.69, 9.17) is 14.2 Å². The van der Waals surface area contributed by atoms with Crippen molar-refractivity contribution in [3.8, 4) is 11.5 Å². The Morgan fingerprint density at radius 3 is 2.71 bits per heavy atom. The number of pyridine rings is 1. The molecule has 0 spiro atoms. The van der Waals surface area contributed by atoms with Crippen LogP contribution in [0.4, 0.5) is 0 Å². The number of carbonyl (C=O) groups excluding carboxylic acids is 1. The molecular weight excluding hydrogens is 444 g/mol. The number of methoxy groups -OCH3 is 1. The molecule has 8 heteroatoms. The van der Waals surface area contributed by atoms with E-state index in [1.54, 1.807) is 19.5 Å². The average molecular weight is 479 g/mol. The summed E-state index contributed by atoms with van der Waals surface area (Å²) in [6.45, 7) is 7.54. The van der Waals surface area contributed by atoms with Gasteiger partial charge in [-0.15, -0.1) is 0 Å². The second kappa shape index (κ2) is 11.8. The summed E-state index contributed by atoms with van der Waals surface area (Å²) < 4.78 is 19.0. The minimum atomic E-state index is 0.0581. The Labute approximate surface area is 206 Å². The monoisotopic (exact) mass is 478 g/mol. The largest absolute Gasteiger partial charge is 0.493 e. The van der Waals surface area contributed by atoms with Crippen molar-refractivity contribution in [3.05, 3.63) is 71.3 Å². The Morgan fingerprint density at radius 1 is 1.17 bits per heavy atom. The lowest BCUT2D eigenvalue weighted by atomic mass is 10.1. The average Bonchev–Trinajstić information content (AvgIpc) is 3.50. The van der Waals surface area contributed by atoms with Crippen molar-refractivity contribution < 1.29 is 19.0 Å². The predicted octanol–water partition coefficient (Wildman–Crippen LogP) is 3.94. The quantitative estimate of drug-likeness (QED) is 0.415. The van der Waals surface area contributed by atoms with E-state index in [0.29, 0.717) is 50.1 Å². The zero-order chi connectivity index (χ0) is 24.6. The molecular formula is C27H34N4O4. The second-order valence-electron chi connectivity index (χ2n) is 9.04. The van der Waals surface area contributed by atoms with Crippen LogP contribution in [-0.2, 0) is 29.2 Å². The molecule has 0 saturated carbocycles. The molecule has 3 aromatic rings. The first-order valence-corrected chi connectivity index (χ1v) is 12.1. The van der Waals surface area contributed by atoms with Crippen molar-refractivity contribution in [2.45, 2.75) is 46.3 Å². The number of amides is 1. The van der Waals surface area contributed by atoms with Crippen molar-refractivity contribution in [1.82, 2.24) is 19.7 Å². The van der Waals surface area contributed by atoms with Gasteiger partial charge in [0.05, 0.1) is 26.0 Å². The lowest BCUT2D eigenvalue weighted by Gasteiger charge is -2.24. The number of hydrogen-bond acceptors (Lipinski definition) is 6. The third-order valence-electron chi connectivity index (χ3n) is 6.19. The van der Waals surface area contributed by atoms with E-state index in [1.165, 1.54) is 0 Å². The molecule has 1 amide bonds. The maximum atomic E-state index is 13.3. The molecule has 1 atom stereocenters. The molecule has 2 aromatic heterocycles. The zero-order valence-corrected chi connectivity index (χ0v) is 20.8. The highest BCUT2D eigenvalue weighted by Gasteiger charge is 2.19. The number of ether oxygens (including phenoxy) is 3. The highest BCUT2D eigenvalue weighted by molar-refractivity contribution is 5.76. The normalized spacial score (nSPS) is 15.2.